The number of benzene rings is 3. The summed E-state index contributed by atoms with van der Waals surface area (Å²) >= 11 is 5.78. The number of anilines is 3. The van der Waals surface area contributed by atoms with Crippen molar-refractivity contribution >= 4 is 40.6 Å². The molecule has 3 amide bonds. The Kier molecular flexibility index (Phi) is 7.03. The van der Waals surface area contributed by atoms with Crippen molar-refractivity contribution < 1.29 is 14.0 Å². The van der Waals surface area contributed by atoms with Crippen molar-refractivity contribution in [3.8, 4) is 0 Å². The van der Waals surface area contributed by atoms with Gasteiger partial charge in [0.1, 0.15) is 5.82 Å². The first kappa shape index (κ1) is 23.6. The number of halogens is 2. The van der Waals surface area contributed by atoms with Gasteiger partial charge in [0.2, 0.25) is 0 Å². The molecule has 6 nitrogen and oxygen atoms in total. The molecule has 8 heteroatoms. The molecular formula is C26H26ClFN4O2. The Morgan fingerprint density at radius 3 is 2.35 bits per heavy atom. The van der Waals surface area contributed by atoms with Crippen molar-refractivity contribution in [1.29, 1.82) is 0 Å². The predicted molar refractivity (Wildman–Crippen MR) is 134 cm³/mol. The van der Waals surface area contributed by atoms with E-state index in [9.17, 15) is 14.0 Å². The summed E-state index contributed by atoms with van der Waals surface area (Å²) in [6, 6.07) is 17.0. The maximum Gasteiger partial charge on any atom is 0.323 e. The fraction of sp³-hybridized carbons (Fsp3) is 0.231. The molecule has 0 aliphatic carbocycles. The summed E-state index contributed by atoms with van der Waals surface area (Å²) in [5.74, 6) is -0.775. The van der Waals surface area contributed by atoms with E-state index in [4.69, 9.17) is 11.6 Å². The van der Waals surface area contributed by atoms with Gasteiger partial charge in [0.15, 0.2) is 0 Å². The van der Waals surface area contributed by atoms with Gasteiger partial charge in [-0.25, -0.2) is 9.18 Å². The van der Waals surface area contributed by atoms with Crippen LogP contribution in [0.1, 0.15) is 35.3 Å². The molecule has 3 aromatic carbocycles. The van der Waals surface area contributed by atoms with E-state index in [0.29, 0.717) is 23.5 Å². The molecule has 0 spiro atoms. The lowest BCUT2D eigenvalue weighted by Crippen LogP contribution is -2.35. The maximum absolute atomic E-state index is 13.4. The molecular weight excluding hydrogens is 455 g/mol. The lowest BCUT2D eigenvalue weighted by Gasteiger charge is -2.32. The van der Waals surface area contributed by atoms with Gasteiger partial charge in [0.25, 0.3) is 5.91 Å². The lowest BCUT2D eigenvalue weighted by molar-refractivity contribution is 0.0943. The minimum atomic E-state index is -0.565. The third-order valence-electron chi connectivity index (χ3n) is 5.57. The van der Waals surface area contributed by atoms with E-state index >= 15 is 0 Å². The van der Waals surface area contributed by atoms with Gasteiger partial charge >= 0.3 is 6.03 Å². The Hall–Kier alpha value is -3.58. The first-order valence-electron chi connectivity index (χ1n) is 11.1. The normalized spacial score (nSPS) is 12.8. The van der Waals surface area contributed by atoms with Gasteiger partial charge in [-0.15, -0.1) is 0 Å². The Labute approximate surface area is 203 Å². The number of urea groups is 1. The summed E-state index contributed by atoms with van der Waals surface area (Å²) < 4.78 is 13.4. The first-order valence-corrected chi connectivity index (χ1v) is 11.5. The summed E-state index contributed by atoms with van der Waals surface area (Å²) in [5.41, 5.74) is 4.66. The molecule has 0 fully saturated rings. The largest absolute Gasteiger partial charge is 0.366 e. The SMILES string of the molecule is CC(C)NC(=O)c1cc(NC(=O)Nc2ccc(F)c(Cl)c2)ccc1N1CCc2ccccc2C1. The van der Waals surface area contributed by atoms with Crippen LogP contribution in [0.3, 0.4) is 0 Å². The van der Waals surface area contributed by atoms with Crippen molar-refractivity contribution in [2.24, 2.45) is 0 Å². The second kappa shape index (κ2) is 10.1. The van der Waals surface area contributed by atoms with Crippen LogP contribution in [0.15, 0.2) is 60.7 Å². The van der Waals surface area contributed by atoms with Crippen LogP contribution in [-0.2, 0) is 13.0 Å². The lowest BCUT2D eigenvalue weighted by atomic mass is 9.98. The van der Waals surface area contributed by atoms with Crippen molar-refractivity contribution in [3.05, 3.63) is 88.2 Å². The molecule has 176 valence electrons. The maximum atomic E-state index is 13.4. The zero-order valence-electron chi connectivity index (χ0n) is 19.0. The molecule has 0 unspecified atom stereocenters. The molecule has 0 bridgehead atoms. The topological polar surface area (TPSA) is 73.5 Å². The average molecular weight is 481 g/mol. The van der Waals surface area contributed by atoms with Gasteiger partial charge in [-0.05, 0) is 67.8 Å². The van der Waals surface area contributed by atoms with Gasteiger partial charge < -0.3 is 20.9 Å². The predicted octanol–water partition coefficient (Wildman–Crippen LogP) is 5.82. The fourth-order valence-electron chi connectivity index (χ4n) is 3.98. The summed E-state index contributed by atoms with van der Waals surface area (Å²) in [7, 11) is 0. The number of nitrogens with one attached hydrogen (secondary N) is 3. The molecule has 3 aromatic rings. The van der Waals surface area contributed by atoms with Crippen LogP contribution in [-0.4, -0.2) is 24.5 Å². The molecule has 0 atom stereocenters. The second-order valence-electron chi connectivity index (χ2n) is 8.51. The molecule has 1 heterocycles. The van der Waals surface area contributed by atoms with Crippen LogP contribution in [0.2, 0.25) is 5.02 Å². The van der Waals surface area contributed by atoms with E-state index in [1.165, 1.54) is 29.3 Å². The number of fused-ring (bicyclic) bond motifs is 1. The van der Waals surface area contributed by atoms with Crippen LogP contribution in [0, 0.1) is 5.82 Å². The Morgan fingerprint density at radius 1 is 0.971 bits per heavy atom. The van der Waals surface area contributed by atoms with Gasteiger partial charge in [0, 0.05) is 36.2 Å². The number of rotatable bonds is 5. The van der Waals surface area contributed by atoms with E-state index < -0.39 is 11.8 Å². The number of amides is 3. The molecule has 1 aliphatic rings. The first-order chi connectivity index (χ1) is 16.3. The number of nitrogens with zero attached hydrogens (tertiary/aromatic N) is 1. The Balaban J connectivity index is 1.57. The molecule has 3 N–H and O–H groups in total. The minimum absolute atomic E-state index is 0.0365. The summed E-state index contributed by atoms with van der Waals surface area (Å²) in [6.45, 7) is 5.30. The Bertz CT molecular complexity index is 1230. The van der Waals surface area contributed by atoms with E-state index in [1.54, 1.807) is 12.1 Å². The van der Waals surface area contributed by atoms with E-state index in [1.807, 2.05) is 32.0 Å². The highest BCUT2D eigenvalue weighted by Gasteiger charge is 2.22. The second-order valence-corrected chi connectivity index (χ2v) is 8.92. The molecule has 1 aliphatic heterocycles. The molecule has 34 heavy (non-hydrogen) atoms. The number of hydrogen-bond donors (Lipinski definition) is 3. The molecule has 0 aromatic heterocycles. The van der Waals surface area contributed by atoms with Crippen LogP contribution < -0.4 is 20.9 Å². The monoisotopic (exact) mass is 480 g/mol. The number of carbonyl (C=O) groups is 2. The van der Waals surface area contributed by atoms with Crippen LogP contribution in [0.5, 0.6) is 0 Å². The molecule has 0 radical (unpaired) electrons. The zero-order chi connectivity index (χ0) is 24.2. The highest BCUT2D eigenvalue weighted by Crippen LogP contribution is 2.30. The number of hydrogen-bond acceptors (Lipinski definition) is 3. The third kappa shape index (κ3) is 5.48. The summed E-state index contributed by atoms with van der Waals surface area (Å²) in [5, 5.41) is 8.21. The summed E-state index contributed by atoms with van der Waals surface area (Å²) in [4.78, 5) is 27.7. The molecule has 0 saturated carbocycles. The number of carbonyl (C=O) groups excluding carboxylic acids is 2. The summed E-state index contributed by atoms with van der Waals surface area (Å²) in [6.07, 6.45) is 0.893. The van der Waals surface area contributed by atoms with Crippen LogP contribution >= 0.6 is 11.6 Å². The van der Waals surface area contributed by atoms with Crippen molar-refractivity contribution in [2.45, 2.75) is 32.9 Å². The van der Waals surface area contributed by atoms with Gasteiger partial charge in [-0.3, -0.25) is 4.79 Å². The Morgan fingerprint density at radius 2 is 1.65 bits per heavy atom. The van der Waals surface area contributed by atoms with Gasteiger partial charge in [-0.1, -0.05) is 35.9 Å². The van der Waals surface area contributed by atoms with Crippen molar-refractivity contribution in [1.82, 2.24) is 5.32 Å². The quantitative estimate of drug-likeness (QED) is 0.430. The molecule has 4 rings (SSSR count). The van der Waals surface area contributed by atoms with Gasteiger partial charge in [-0.2, -0.15) is 0 Å². The zero-order valence-corrected chi connectivity index (χ0v) is 19.7. The highest BCUT2D eigenvalue weighted by atomic mass is 35.5. The fourth-order valence-corrected chi connectivity index (χ4v) is 4.16. The smallest absolute Gasteiger partial charge is 0.323 e. The minimum Gasteiger partial charge on any atom is -0.366 e. The van der Waals surface area contributed by atoms with Crippen LogP contribution in [0.25, 0.3) is 0 Å². The highest BCUT2D eigenvalue weighted by molar-refractivity contribution is 6.31. The third-order valence-corrected chi connectivity index (χ3v) is 5.86. The van der Waals surface area contributed by atoms with E-state index in [0.717, 1.165) is 18.7 Å². The van der Waals surface area contributed by atoms with Crippen molar-refractivity contribution in [2.75, 3.05) is 22.1 Å². The average Bonchev–Trinajstić information content (AvgIpc) is 2.80. The van der Waals surface area contributed by atoms with E-state index in [2.05, 4.69) is 33.0 Å². The molecule has 0 saturated heterocycles. The standard InChI is InChI=1S/C26H26ClFN4O2/c1-16(2)29-25(33)21-13-19(30-26(34)31-20-7-9-23(28)22(27)14-20)8-10-24(21)32-12-11-17-5-3-4-6-18(17)15-32/h3-10,13-14,16H,11-12,15H2,1-2H3,(H,29,33)(H2,30,31,34). The van der Waals surface area contributed by atoms with Crippen LogP contribution in [0.4, 0.5) is 26.2 Å². The van der Waals surface area contributed by atoms with Gasteiger partial charge in [0.05, 0.1) is 10.6 Å². The van der Waals surface area contributed by atoms with E-state index in [-0.39, 0.29) is 17.0 Å². The van der Waals surface area contributed by atoms with Crippen molar-refractivity contribution in [3.63, 3.8) is 0 Å².